The van der Waals surface area contributed by atoms with Gasteiger partial charge in [-0.15, -0.1) is 0 Å². The average Bonchev–Trinajstić information content (AvgIpc) is 3.23. The molecule has 4 rings (SSSR count). The van der Waals surface area contributed by atoms with Crippen LogP contribution in [0.3, 0.4) is 0 Å². The summed E-state index contributed by atoms with van der Waals surface area (Å²) in [5.41, 5.74) is 0.830. The Morgan fingerprint density at radius 1 is 1.32 bits per heavy atom. The third-order valence-corrected chi connectivity index (χ3v) is 6.23. The summed E-state index contributed by atoms with van der Waals surface area (Å²) in [6.07, 6.45) is 3.38. The molecular weight excluding hydrogens is 319 g/mol. The molecule has 2 atom stereocenters. The molecule has 0 unspecified atom stereocenters. The molecule has 0 radical (unpaired) electrons. The smallest absolute Gasteiger partial charge is 0.225 e. The van der Waals surface area contributed by atoms with Crippen molar-refractivity contribution in [3.8, 4) is 0 Å². The number of carbonyl (C=O) groups excluding carboxylic acids is 2. The molecule has 0 N–H and O–H groups in total. The van der Waals surface area contributed by atoms with Gasteiger partial charge in [0.15, 0.2) is 0 Å². The van der Waals surface area contributed by atoms with Crippen LogP contribution in [0.15, 0.2) is 24.3 Å². The maximum absolute atomic E-state index is 13.4. The summed E-state index contributed by atoms with van der Waals surface area (Å²) in [5, 5.41) is 0. The van der Waals surface area contributed by atoms with Crippen molar-refractivity contribution in [2.75, 3.05) is 19.6 Å². The fourth-order valence-corrected chi connectivity index (χ4v) is 4.42. The van der Waals surface area contributed by atoms with Crippen molar-refractivity contribution < 1.29 is 14.0 Å². The Bertz CT molecular complexity index is 697. The molecule has 4 nitrogen and oxygen atoms in total. The van der Waals surface area contributed by atoms with Crippen LogP contribution in [0.25, 0.3) is 0 Å². The van der Waals surface area contributed by atoms with Crippen LogP contribution < -0.4 is 0 Å². The number of carbonyl (C=O) groups is 2. The lowest BCUT2D eigenvalue weighted by molar-refractivity contribution is -0.135. The number of piperidine rings is 1. The van der Waals surface area contributed by atoms with Crippen LogP contribution >= 0.6 is 0 Å². The van der Waals surface area contributed by atoms with Crippen molar-refractivity contribution >= 4 is 11.8 Å². The van der Waals surface area contributed by atoms with E-state index in [1.165, 1.54) is 12.1 Å². The first-order valence-corrected chi connectivity index (χ1v) is 9.27. The third-order valence-electron chi connectivity index (χ3n) is 6.23. The minimum absolute atomic E-state index is 0.00362. The minimum Gasteiger partial charge on any atom is -0.342 e. The van der Waals surface area contributed by atoms with Crippen LogP contribution in [0.5, 0.6) is 0 Å². The molecule has 5 heteroatoms. The first kappa shape index (κ1) is 16.6. The van der Waals surface area contributed by atoms with E-state index in [4.69, 9.17) is 0 Å². The normalized spacial score (nSPS) is 27.8. The molecule has 3 aliphatic rings. The molecule has 1 aromatic rings. The first-order chi connectivity index (χ1) is 12.0. The number of hydrogen-bond donors (Lipinski definition) is 0. The van der Waals surface area contributed by atoms with E-state index >= 15 is 0 Å². The van der Waals surface area contributed by atoms with Crippen LogP contribution in [0.1, 0.15) is 38.2 Å². The number of nitrogens with zero attached hydrogens (tertiary/aromatic N) is 2. The Kier molecular flexibility index (Phi) is 4.05. The Morgan fingerprint density at radius 3 is 2.68 bits per heavy atom. The summed E-state index contributed by atoms with van der Waals surface area (Å²) < 4.78 is 13.4. The monoisotopic (exact) mass is 344 g/mol. The topological polar surface area (TPSA) is 40.6 Å². The fourth-order valence-electron chi connectivity index (χ4n) is 4.42. The van der Waals surface area contributed by atoms with Crippen molar-refractivity contribution in [2.45, 2.75) is 39.2 Å². The van der Waals surface area contributed by atoms with Crippen molar-refractivity contribution in [3.05, 3.63) is 35.6 Å². The summed E-state index contributed by atoms with van der Waals surface area (Å²) in [4.78, 5) is 28.7. The molecule has 3 fully saturated rings. The number of hydrogen-bond acceptors (Lipinski definition) is 2. The number of rotatable bonds is 3. The van der Waals surface area contributed by atoms with Gasteiger partial charge in [-0.25, -0.2) is 4.39 Å². The lowest BCUT2D eigenvalue weighted by Crippen LogP contribution is -2.45. The van der Waals surface area contributed by atoms with E-state index in [1.807, 2.05) is 15.9 Å². The summed E-state index contributed by atoms with van der Waals surface area (Å²) in [6.45, 7) is 4.87. The Labute approximate surface area is 148 Å². The Balaban J connectivity index is 1.36. The number of likely N-dealkylation sites (tertiary alicyclic amines) is 2. The van der Waals surface area contributed by atoms with Crippen molar-refractivity contribution in [3.63, 3.8) is 0 Å². The summed E-state index contributed by atoms with van der Waals surface area (Å²) in [6, 6.07) is 6.46. The van der Waals surface area contributed by atoms with E-state index in [-0.39, 0.29) is 23.1 Å². The highest BCUT2D eigenvalue weighted by Crippen LogP contribution is 2.44. The first-order valence-electron chi connectivity index (χ1n) is 9.27. The predicted octanol–water partition coefficient (Wildman–Crippen LogP) is 2.82. The molecule has 1 aromatic carbocycles. The molecular formula is C20H25FN2O2. The van der Waals surface area contributed by atoms with Gasteiger partial charge in [0.1, 0.15) is 5.82 Å². The van der Waals surface area contributed by atoms with Gasteiger partial charge in [0.2, 0.25) is 11.8 Å². The summed E-state index contributed by atoms with van der Waals surface area (Å²) >= 11 is 0. The molecule has 1 spiro atoms. The molecule has 0 bridgehead atoms. The highest BCUT2D eigenvalue weighted by Gasteiger charge is 2.47. The second-order valence-electron chi connectivity index (χ2n) is 8.20. The quantitative estimate of drug-likeness (QED) is 0.846. The standard InChI is InChI=1S/C20H25FN2O2/c1-14-9-17(14)19(25)22-7-5-20(6-8-22)11-18(24)23(13-20)12-15-3-2-4-16(21)10-15/h2-4,10,14,17H,5-9,11-13H2,1H3/t14-,17-/m0/s1. The van der Waals surface area contributed by atoms with E-state index in [0.717, 1.165) is 44.5 Å². The molecule has 2 amide bonds. The number of benzene rings is 1. The van der Waals surface area contributed by atoms with E-state index in [0.29, 0.717) is 24.8 Å². The lowest BCUT2D eigenvalue weighted by atomic mass is 9.77. The van der Waals surface area contributed by atoms with Gasteiger partial charge in [-0.1, -0.05) is 19.1 Å². The van der Waals surface area contributed by atoms with Gasteiger partial charge in [-0.3, -0.25) is 9.59 Å². The largest absolute Gasteiger partial charge is 0.342 e. The van der Waals surface area contributed by atoms with Crippen LogP contribution in [-0.4, -0.2) is 41.2 Å². The van der Waals surface area contributed by atoms with E-state index in [2.05, 4.69) is 6.92 Å². The Hall–Kier alpha value is -1.91. The molecule has 1 saturated carbocycles. The van der Waals surface area contributed by atoms with Gasteiger partial charge in [0, 0.05) is 43.9 Å². The summed E-state index contributed by atoms with van der Waals surface area (Å²) in [7, 11) is 0. The maximum Gasteiger partial charge on any atom is 0.225 e. The number of amides is 2. The Morgan fingerprint density at radius 2 is 2.04 bits per heavy atom. The van der Waals surface area contributed by atoms with Crippen molar-refractivity contribution in [2.24, 2.45) is 17.3 Å². The summed E-state index contributed by atoms with van der Waals surface area (Å²) in [5.74, 6) is 0.977. The second-order valence-corrected chi connectivity index (χ2v) is 8.20. The molecule has 2 aliphatic heterocycles. The maximum atomic E-state index is 13.4. The molecule has 25 heavy (non-hydrogen) atoms. The minimum atomic E-state index is -0.264. The zero-order valence-electron chi connectivity index (χ0n) is 14.7. The molecule has 0 aromatic heterocycles. The fraction of sp³-hybridized carbons (Fsp3) is 0.600. The lowest BCUT2D eigenvalue weighted by Gasteiger charge is -2.39. The third kappa shape index (κ3) is 3.29. The van der Waals surface area contributed by atoms with Crippen LogP contribution in [0.2, 0.25) is 0 Å². The van der Waals surface area contributed by atoms with E-state index in [9.17, 15) is 14.0 Å². The molecule has 2 saturated heterocycles. The van der Waals surface area contributed by atoms with Crippen LogP contribution in [0, 0.1) is 23.1 Å². The SMILES string of the molecule is C[C@H]1C[C@@H]1C(=O)N1CCC2(CC1)CC(=O)N(Cc1cccc(F)c1)C2. The van der Waals surface area contributed by atoms with Gasteiger partial charge in [-0.05, 0) is 42.9 Å². The van der Waals surface area contributed by atoms with E-state index < -0.39 is 0 Å². The number of halogens is 1. The zero-order chi connectivity index (χ0) is 17.6. The van der Waals surface area contributed by atoms with Gasteiger partial charge in [0.25, 0.3) is 0 Å². The molecule has 1 aliphatic carbocycles. The second kappa shape index (κ2) is 6.11. The van der Waals surface area contributed by atoms with Crippen molar-refractivity contribution in [1.29, 1.82) is 0 Å². The van der Waals surface area contributed by atoms with Gasteiger partial charge in [0.05, 0.1) is 0 Å². The van der Waals surface area contributed by atoms with Crippen molar-refractivity contribution in [1.82, 2.24) is 9.80 Å². The van der Waals surface area contributed by atoms with Crippen LogP contribution in [0.4, 0.5) is 4.39 Å². The molecule has 134 valence electrons. The van der Waals surface area contributed by atoms with Crippen LogP contribution in [-0.2, 0) is 16.1 Å². The van der Waals surface area contributed by atoms with Gasteiger partial charge >= 0.3 is 0 Å². The highest BCUT2D eigenvalue weighted by molar-refractivity contribution is 5.82. The van der Waals surface area contributed by atoms with Gasteiger partial charge < -0.3 is 9.80 Å². The predicted molar refractivity (Wildman–Crippen MR) is 92.0 cm³/mol. The highest BCUT2D eigenvalue weighted by atomic mass is 19.1. The average molecular weight is 344 g/mol. The van der Waals surface area contributed by atoms with E-state index in [1.54, 1.807) is 6.07 Å². The molecule has 2 heterocycles. The zero-order valence-corrected chi connectivity index (χ0v) is 14.7. The van der Waals surface area contributed by atoms with Gasteiger partial charge in [-0.2, -0.15) is 0 Å².